The molecule has 0 spiro atoms. The number of rotatable bonds is 4. The number of anilines is 1. The number of nitrogen functional groups attached to an aromatic ring is 1. The van der Waals surface area contributed by atoms with Crippen LogP contribution in [0.2, 0.25) is 0 Å². The molecule has 5 heteroatoms. The van der Waals surface area contributed by atoms with Crippen LogP contribution < -0.4 is 5.73 Å². The van der Waals surface area contributed by atoms with Gasteiger partial charge in [0.1, 0.15) is 5.69 Å². The van der Waals surface area contributed by atoms with E-state index in [-0.39, 0.29) is 11.6 Å². The van der Waals surface area contributed by atoms with Crippen LogP contribution in [0.15, 0.2) is 48.7 Å². The van der Waals surface area contributed by atoms with Gasteiger partial charge >= 0.3 is 5.97 Å². The second-order valence-electron chi connectivity index (χ2n) is 8.08. The van der Waals surface area contributed by atoms with Gasteiger partial charge in [0.05, 0.1) is 16.9 Å². The van der Waals surface area contributed by atoms with E-state index in [1.165, 1.54) is 5.56 Å². The van der Waals surface area contributed by atoms with Crippen molar-refractivity contribution in [1.82, 2.24) is 9.97 Å². The van der Waals surface area contributed by atoms with E-state index in [9.17, 15) is 9.90 Å². The molecule has 0 saturated heterocycles. The first kappa shape index (κ1) is 18.3. The molecule has 0 radical (unpaired) electrons. The average molecular weight is 397 g/mol. The van der Waals surface area contributed by atoms with Crippen LogP contribution in [-0.2, 0) is 6.42 Å². The predicted octanol–water partition coefficient (Wildman–Crippen LogP) is 5.80. The fraction of sp³-hybridized carbons (Fsp3) is 0.160. The number of carboxylic acids is 1. The van der Waals surface area contributed by atoms with Crippen molar-refractivity contribution in [3.63, 3.8) is 0 Å². The molecule has 0 saturated carbocycles. The van der Waals surface area contributed by atoms with Crippen LogP contribution in [0.5, 0.6) is 0 Å². The summed E-state index contributed by atoms with van der Waals surface area (Å²) < 4.78 is 0. The molecule has 1 aliphatic carbocycles. The third kappa shape index (κ3) is 2.59. The minimum absolute atomic E-state index is 0.114. The van der Waals surface area contributed by atoms with Crippen molar-refractivity contribution in [1.29, 1.82) is 0 Å². The van der Waals surface area contributed by atoms with Crippen molar-refractivity contribution in [2.45, 2.75) is 26.2 Å². The first-order valence-corrected chi connectivity index (χ1v) is 10.1. The highest BCUT2D eigenvalue weighted by molar-refractivity contribution is 6.05. The fourth-order valence-electron chi connectivity index (χ4n) is 4.64. The maximum atomic E-state index is 12.3. The van der Waals surface area contributed by atoms with Crippen molar-refractivity contribution in [2.24, 2.45) is 0 Å². The molecule has 0 aliphatic heterocycles. The summed E-state index contributed by atoms with van der Waals surface area (Å²) in [4.78, 5) is 18.8. The Morgan fingerprint density at radius 2 is 1.90 bits per heavy atom. The smallest absolute Gasteiger partial charge is 0.352 e. The van der Waals surface area contributed by atoms with Gasteiger partial charge in [-0.2, -0.15) is 0 Å². The second kappa shape index (κ2) is 6.66. The third-order valence-corrected chi connectivity index (χ3v) is 5.93. The minimum Gasteiger partial charge on any atom is -0.477 e. The monoisotopic (exact) mass is 397 g/mol. The minimum atomic E-state index is -0.962. The molecular formula is C25H23N3O2. The lowest BCUT2D eigenvalue weighted by Gasteiger charge is -2.15. The molecule has 5 rings (SSSR count). The molecule has 150 valence electrons. The van der Waals surface area contributed by atoms with E-state index in [4.69, 9.17) is 5.73 Å². The number of H-pyrrole nitrogens is 2. The van der Waals surface area contributed by atoms with Gasteiger partial charge in [0.2, 0.25) is 0 Å². The van der Waals surface area contributed by atoms with E-state index in [0.29, 0.717) is 5.69 Å². The number of aromatic carboxylic acids is 1. The lowest BCUT2D eigenvalue weighted by atomic mass is 9.88. The molecule has 0 amide bonds. The highest BCUT2D eigenvalue weighted by Gasteiger charge is 2.28. The van der Waals surface area contributed by atoms with E-state index in [0.717, 1.165) is 50.8 Å². The normalized spacial score (nSPS) is 12.8. The molecule has 0 unspecified atom stereocenters. The van der Waals surface area contributed by atoms with Crippen molar-refractivity contribution in [3.05, 3.63) is 71.1 Å². The fourth-order valence-corrected chi connectivity index (χ4v) is 4.64. The van der Waals surface area contributed by atoms with Gasteiger partial charge in [0.25, 0.3) is 0 Å². The summed E-state index contributed by atoms with van der Waals surface area (Å²) in [6.45, 7) is 4.20. The van der Waals surface area contributed by atoms with E-state index in [1.54, 1.807) is 6.20 Å². The van der Waals surface area contributed by atoms with Crippen molar-refractivity contribution >= 4 is 28.6 Å². The quantitative estimate of drug-likeness (QED) is 0.350. The Hall–Kier alpha value is -3.73. The molecule has 30 heavy (non-hydrogen) atoms. The zero-order valence-electron chi connectivity index (χ0n) is 16.9. The van der Waals surface area contributed by atoms with E-state index in [2.05, 4.69) is 42.0 Å². The highest BCUT2D eigenvalue weighted by Crippen LogP contribution is 2.44. The summed E-state index contributed by atoms with van der Waals surface area (Å²) in [7, 11) is 0. The van der Waals surface area contributed by atoms with Crippen molar-refractivity contribution in [3.8, 4) is 22.4 Å². The summed E-state index contributed by atoms with van der Waals surface area (Å²) in [6.07, 6.45) is 6.88. The van der Waals surface area contributed by atoms with Crippen molar-refractivity contribution < 1.29 is 9.90 Å². The summed E-state index contributed by atoms with van der Waals surface area (Å²) in [5.41, 5.74) is 14.7. The largest absolute Gasteiger partial charge is 0.477 e. The molecule has 5 nitrogen and oxygen atoms in total. The van der Waals surface area contributed by atoms with Gasteiger partial charge in [-0.05, 0) is 34.6 Å². The van der Waals surface area contributed by atoms with Gasteiger partial charge in [-0.3, -0.25) is 0 Å². The summed E-state index contributed by atoms with van der Waals surface area (Å²) in [5.74, 6) is -0.848. The Morgan fingerprint density at radius 1 is 1.13 bits per heavy atom. The number of carbonyl (C=O) groups is 1. The molecule has 4 aromatic rings. The molecule has 2 aromatic carbocycles. The molecule has 0 fully saturated rings. The zero-order chi connectivity index (χ0) is 21.0. The highest BCUT2D eigenvalue weighted by atomic mass is 16.4. The Morgan fingerprint density at radius 3 is 2.67 bits per heavy atom. The Bertz CT molecular complexity index is 1340. The molecule has 2 aromatic heterocycles. The maximum Gasteiger partial charge on any atom is 0.352 e. The number of aromatic nitrogens is 2. The van der Waals surface area contributed by atoms with Gasteiger partial charge in [0.15, 0.2) is 0 Å². The second-order valence-corrected chi connectivity index (χ2v) is 8.08. The number of carboxylic acid groups (broad SMARTS) is 1. The number of para-hydroxylation sites is 1. The van der Waals surface area contributed by atoms with Crippen LogP contribution in [0.1, 0.15) is 46.9 Å². The topological polar surface area (TPSA) is 94.9 Å². The molecule has 0 bridgehead atoms. The van der Waals surface area contributed by atoms with Gasteiger partial charge in [0, 0.05) is 22.7 Å². The van der Waals surface area contributed by atoms with E-state index in [1.807, 2.05) is 30.3 Å². The number of allylic oxidation sites excluding steroid dienone is 1. The number of hydrogen-bond donors (Lipinski definition) is 4. The van der Waals surface area contributed by atoms with Crippen LogP contribution >= 0.6 is 0 Å². The van der Waals surface area contributed by atoms with Crippen molar-refractivity contribution in [2.75, 3.05) is 5.73 Å². The molecule has 0 atom stereocenters. The Kier molecular flexibility index (Phi) is 4.07. The summed E-state index contributed by atoms with van der Waals surface area (Å²) >= 11 is 0. The maximum absolute atomic E-state index is 12.3. The van der Waals surface area contributed by atoms with Gasteiger partial charge in [-0.25, -0.2) is 4.79 Å². The van der Waals surface area contributed by atoms with Gasteiger partial charge in [-0.1, -0.05) is 62.4 Å². The Labute approximate surface area is 174 Å². The zero-order valence-corrected chi connectivity index (χ0v) is 16.9. The number of hydrogen-bond acceptors (Lipinski definition) is 2. The number of nitrogens with one attached hydrogen (secondary N) is 2. The number of nitrogens with two attached hydrogens (primary N) is 1. The van der Waals surface area contributed by atoms with Crippen LogP contribution in [0.3, 0.4) is 0 Å². The summed E-state index contributed by atoms with van der Waals surface area (Å²) in [5, 5.41) is 11.0. The summed E-state index contributed by atoms with van der Waals surface area (Å²) in [6, 6.07) is 12.1. The number of aromatic amines is 2. The number of benzene rings is 2. The van der Waals surface area contributed by atoms with E-state index < -0.39 is 5.97 Å². The first-order valence-electron chi connectivity index (χ1n) is 10.1. The SMILES string of the molecule is CC(C)c1c(-c2cccc3c(N)c[nH]c23)[nH]c(C(=O)O)c1-c1cccc2c1C=CC2. The first-order chi connectivity index (χ1) is 14.5. The van der Waals surface area contributed by atoms with Crippen LogP contribution in [0, 0.1) is 0 Å². The van der Waals surface area contributed by atoms with Crippen LogP contribution in [0.25, 0.3) is 39.4 Å². The third-order valence-electron chi connectivity index (χ3n) is 5.93. The molecule has 5 N–H and O–H groups in total. The standard InChI is InChI=1S/C25H23N3O2/c1-13(2)20-21(16-9-4-7-14-6-3-8-15(14)16)24(25(29)30)28-23(20)18-11-5-10-17-19(26)12-27-22(17)18/h3-5,7-13,27-28H,6,26H2,1-2H3,(H,29,30). The van der Waals surface area contributed by atoms with Gasteiger partial charge in [-0.15, -0.1) is 0 Å². The lowest BCUT2D eigenvalue weighted by molar-refractivity contribution is 0.0692. The number of fused-ring (bicyclic) bond motifs is 2. The molecular weight excluding hydrogens is 374 g/mol. The van der Waals surface area contributed by atoms with Gasteiger partial charge < -0.3 is 20.8 Å². The van der Waals surface area contributed by atoms with Crippen LogP contribution in [0.4, 0.5) is 5.69 Å². The van der Waals surface area contributed by atoms with E-state index >= 15 is 0 Å². The lowest BCUT2D eigenvalue weighted by Crippen LogP contribution is -2.01. The predicted molar refractivity (Wildman–Crippen MR) is 122 cm³/mol. The molecule has 1 aliphatic rings. The molecule has 2 heterocycles. The Balaban J connectivity index is 1.87. The van der Waals surface area contributed by atoms with Crippen LogP contribution in [-0.4, -0.2) is 21.0 Å². The average Bonchev–Trinajstić information content (AvgIpc) is 3.44.